The second kappa shape index (κ2) is 5.18. The summed E-state index contributed by atoms with van der Waals surface area (Å²) in [4.78, 5) is 20.5. The lowest BCUT2D eigenvalue weighted by molar-refractivity contribution is -0.138. The SMILES string of the molecule is CC(CCC(=O)S)CC(=O)O. The zero-order chi connectivity index (χ0) is 8.85. The molecule has 1 unspecified atom stereocenters. The van der Waals surface area contributed by atoms with Crippen molar-refractivity contribution in [1.29, 1.82) is 0 Å². The Morgan fingerprint density at radius 2 is 2.09 bits per heavy atom. The minimum Gasteiger partial charge on any atom is -0.481 e. The van der Waals surface area contributed by atoms with Crippen LogP contribution in [0.25, 0.3) is 0 Å². The molecule has 0 aliphatic rings. The smallest absolute Gasteiger partial charge is 0.303 e. The number of thiol groups is 1. The minimum absolute atomic E-state index is 0.0589. The number of carbonyl (C=O) groups is 2. The lowest BCUT2D eigenvalue weighted by atomic mass is 10.0. The van der Waals surface area contributed by atoms with Crippen molar-refractivity contribution in [2.75, 3.05) is 0 Å². The van der Waals surface area contributed by atoms with Crippen molar-refractivity contribution in [3.8, 4) is 0 Å². The quantitative estimate of drug-likeness (QED) is 0.621. The van der Waals surface area contributed by atoms with Crippen LogP contribution in [0.1, 0.15) is 26.2 Å². The van der Waals surface area contributed by atoms with Crippen LogP contribution in [0.2, 0.25) is 0 Å². The number of rotatable bonds is 5. The molecule has 0 aliphatic carbocycles. The van der Waals surface area contributed by atoms with Gasteiger partial charge in [-0.2, -0.15) is 0 Å². The van der Waals surface area contributed by atoms with Crippen molar-refractivity contribution in [3.63, 3.8) is 0 Å². The topological polar surface area (TPSA) is 54.4 Å². The van der Waals surface area contributed by atoms with Crippen LogP contribution in [0.5, 0.6) is 0 Å². The molecule has 64 valence electrons. The average Bonchev–Trinajstić information content (AvgIpc) is 1.82. The number of hydrogen-bond donors (Lipinski definition) is 2. The molecule has 0 bridgehead atoms. The van der Waals surface area contributed by atoms with Crippen molar-refractivity contribution in [1.82, 2.24) is 0 Å². The van der Waals surface area contributed by atoms with Crippen molar-refractivity contribution in [3.05, 3.63) is 0 Å². The maximum absolute atomic E-state index is 10.4. The maximum Gasteiger partial charge on any atom is 0.303 e. The zero-order valence-corrected chi connectivity index (χ0v) is 7.30. The first-order valence-electron chi connectivity index (χ1n) is 3.46. The van der Waals surface area contributed by atoms with Crippen LogP contribution < -0.4 is 0 Å². The normalized spacial score (nSPS) is 12.5. The van der Waals surface area contributed by atoms with Gasteiger partial charge in [0, 0.05) is 12.8 Å². The number of carboxylic acid groups (broad SMARTS) is 1. The highest BCUT2D eigenvalue weighted by Crippen LogP contribution is 2.10. The standard InChI is InChI=1S/C7H12O3S/c1-5(4-6(8)9)2-3-7(10)11/h5H,2-4H2,1H3,(H,8,9)(H,10,11). The zero-order valence-electron chi connectivity index (χ0n) is 6.41. The molecule has 0 radical (unpaired) electrons. The average molecular weight is 176 g/mol. The Morgan fingerprint density at radius 3 is 2.45 bits per heavy atom. The summed E-state index contributed by atoms with van der Waals surface area (Å²) in [5, 5.41) is 8.17. The van der Waals surface area contributed by atoms with Crippen LogP contribution in [-0.4, -0.2) is 16.2 Å². The minimum atomic E-state index is -0.816. The Balaban J connectivity index is 3.44. The Kier molecular flexibility index (Phi) is 4.94. The number of carbonyl (C=O) groups excluding carboxylic acids is 1. The van der Waals surface area contributed by atoms with Gasteiger partial charge in [0.15, 0.2) is 5.12 Å². The van der Waals surface area contributed by atoms with E-state index in [2.05, 4.69) is 12.6 Å². The summed E-state index contributed by atoms with van der Waals surface area (Å²) in [5.41, 5.74) is 0. The van der Waals surface area contributed by atoms with E-state index in [1.54, 1.807) is 0 Å². The first-order chi connectivity index (χ1) is 5.02. The van der Waals surface area contributed by atoms with Crippen molar-refractivity contribution in [2.45, 2.75) is 26.2 Å². The van der Waals surface area contributed by atoms with Crippen molar-refractivity contribution >= 4 is 23.7 Å². The highest BCUT2D eigenvalue weighted by Gasteiger charge is 2.08. The molecule has 0 spiro atoms. The van der Waals surface area contributed by atoms with Gasteiger partial charge in [0.25, 0.3) is 0 Å². The molecule has 0 rings (SSSR count). The molecule has 0 aromatic rings. The number of hydrogen-bond acceptors (Lipinski definition) is 2. The summed E-state index contributed by atoms with van der Waals surface area (Å²) in [6.07, 6.45) is 1.09. The monoisotopic (exact) mass is 176 g/mol. The van der Waals surface area contributed by atoms with Crippen LogP contribution >= 0.6 is 12.6 Å². The highest BCUT2D eigenvalue weighted by molar-refractivity contribution is 7.96. The molecule has 4 heteroatoms. The van der Waals surface area contributed by atoms with Gasteiger partial charge in [-0.1, -0.05) is 6.92 Å². The van der Waals surface area contributed by atoms with Gasteiger partial charge in [0.1, 0.15) is 0 Å². The van der Waals surface area contributed by atoms with Gasteiger partial charge in [0.2, 0.25) is 0 Å². The van der Waals surface area contributed by atoms with Crippen molar-refractivity contribution < 1.29 is 14.7 Å². The van der Waals surface area contributed by atoms with E-state index in [0.717, 1.165) is 0 Å². The van der Waals surface area contributed by atoms with Gasteiger partial charge in [-0.15, -0.1) is 12.6 Å². The summed E-state index contributed by atoms with van der Waals surface area (Å²) in [7, 11) is 0. The second-order valence-corrected chi connectivity index (χ2v) is 3.13. The molecule has 0 aliphatic heterocycles. The third kappa shape index (κ3) is 7.39. The summed E-state index contributed by atoms with van der Waals surface area (Å²) >= 11 is 3.58. The lowest BCUT2D eigenvalue weighted by Crippen LogP contribution is -2.05. The van der Waals surface area contributed by atoms with E-state index >= 15 is 0 Å². The molecule has 1 atom stereocenters. The molecule has 0 aromatic carbocycles. The Morgan fingerprint density at radius 1 is 1.55 bits per heavy atom. The number of carboxylic acids is 1. The molecule has 3 nitrogen and oxygen atoms in total. The van der Waals surface area contributed by atoms with Crippen LogP contribution in [-0.2, 0) is 9.59 Å². The molecular weight excluding hydrogens is 164 g/mol. The van der Waals surface area contributed by atoms with E-state index in [4.69, 9.17) is 5.11 Å². The van der Waals surface area contributed by atoms with E-state index in [-0.39, 0.29) is 17.5 Å². The van der Waals surface area contributed by atoms with Gasteiger partial charge in [0.05, 0.1) is 0 Å². The molecule has 0 amide bonds. The first kappa shape index (κ1) is 10.5. The van der Waals surface area contributed by atoms with Crippen LogP contribution in [0.15, 0.2) is 0 Å². The summed E-state index contributed by atoms with van der Waals surface area (Å²) < 4.78 is 0. The molecule has 0 saturated heterocycles. The maximum atomic E-state index is 10.4. The van der Waals surface area contributed by atoms with Crippen LogP contribution in [0, 0.1) is 5.92 Å². The van der Waals surface area contributed by atoms with Gasteiger partial charge < -0.3 is 5.11 Å². The van der Waals surface area contributed by atoms with Crippen molar-refractivity contribution in [2.24, 2.45) is 5.92 Å². The molecule has 1 N–H and O–H groups in total. The summed E-state index contributed by atoms with van der Waals surface area (Å²) in [6, 6.07) is 0. The van der Waals surface area contributed by atoms with E-state index in [1.807, 2.05) is 6.92 Å². The third-order valence-corrected chi connectivity index (χ3v) is 1.60. The fourth-order valence-corrected chi connectivity index (χ4v) is 0.899. The molecule has 0 heterocycles. The predicted octanol–water partition coefficient (Wildman–Crippen LogP) is 1.33. The molecule has 0 fully saturated rings. The van der Waals surface area contributed by atoms with Gasteiger partial charge in [-0.25, -0.2) is 0 Å². The van der Waals surface area contributed by atoms with Gasteiger partial charge >= 0.3 is 5.97 Å². The van der Waals surface area contributed by atoms with Crippen LogP contribution in [0.3, 0.4) is 0 Å². The molecule has 0 saturated carbocycles. The second-order valence-electron chi connectivity index (χ2n) is 2.64. The predicted molar refractivity (Wildman–Crippen MR) is 44.6 cm³/mol. The van der Waals surface area contributed by atoms with Crippen LogP contribution in [0.4, 0.5) is 0 Å². The Labute approximate surface area is 71.2 Å². The summed E-state index contributed by atoms with van der Waals surface area (Å²) in [6.45, 7) is 1.81. The fraction of sp³-hybridized carbons (Fsp3) is 0.714. The van der Waals surface area contributed by atoms with E-state index in [0.29, 0.717) is 12.8 Å². The Hall–Kier alpha value is -0.510. The lowest BCUT2D eigenvalue weighted by Gasteiger charge is -2.04. The van der Waals surface area contributed by atoms with Gasteiger partial charge in [-0.3, -0.25) is 9.59 Å². The molecule has 0 aromatic heterocycles. The first-order valence-corrected chi connectivity index (χ1v) is 3.90. The van der Waals surface area contributed by atoms with E-state index < -0.39 is 5.97 Å². The fourth-order valence-electron chi connectivity index (χ4n) is 0.770. The molecular formula is C7H12O3S. The molecule has 11 heavy (non-hydrogen) atoms. The van der Waals surface area contributed by atoms with E-state index in [1.165, 1.54) is 0 Å². The van der Waals surface area contributed by atoms with Gasteiger partial charge in [-0.05, 0) is 12.3 Å². The highest BCUT2D eigenvalue weighted by atomic mass is 32.1. The third-order valence-electron chi connectivity index (χ3n) is 1.37. The number of aliphatic carboxylic acids is 1. The Bertz CT molecular complexity index is 156. The largest absolute Gasteiger partial charge is 0.481 e. The van der Waals surface area contributed by atoms with E-state index in [9.17, 15) is 9.59 Å². The summed E-state index contributed by atoms with van der Waals surface area (Å²) in [5.74, 6) is -0.757.